The Morgan fingerprint density at radius 1 is 1.22 bits per heavy atom. The van der Waals surface area contributed by atoms with Gasteiger partial charge in [-0.2, -0.15) is 5.10 Å². The van der Waals surface area contributed by atoms with Crippen molar-refractivity contribution in [2.24, 2.45) is 0 Å². The van der Waals surface area contributed by atoms with Gasteiger partial charge in [0.2, 0.25) is 0 Å². The third kappa shape index (κ3) is 4.01. The number of hydrogen-bond acceptors (Lipinski definition) is 7. The van der Waals surface area contributed by atoms with Gasteiger partial charge in [-0.25, -0.2) is 15.0 Å². The van der Waals surface area contributed by atoms with Gasteiger partial charge in [0, 0.05) is 38.8 Å². The van der Waals surface area contributed by atoms with Crippen LogP contribution in [0.15, 0.2) is 25.0 Å². The number of carbonyl (C=O) groups is 1. The lowest BCUT2D eigenvalue weighted by Gasteiger charge is -2.33. The molecule has 2 aromatic rings. The van der Waals surface area contributed by atoms with Crippen LogP contribution in [0.2, 0.25) is 0 Å². The number of hydrogen-bond donors (Lipinski definition) is 1. The van der Waals surface area contributed by atoms with Gasteiger partial charge in [0.25, 0.3) is 5.91 Å². The molecule has 1 aliphatic rings. The number of piperazine rings is 1. The average Bonchev–Trinajstić information content (AvgIpc) is 3.09. The summed E-state index contributed by atoms with van der Waals surface area (Å²) in [4.78, 5) is 28.8. The van der Waals surface area contributed by atoms with Crippen molar-refractivity contribution < 1.29 is 4.79 Å². The molecule has 1 aliphatic heterocycles. The maximum atomic E-state index is 12.2. The molecule has 0 unspecified atom stereocenters. The monoisotopic (exact) mass is 316 g/mol. The minimum atomic E-state index is -0.206. The first-order chi connectivity index (χ1) is 11.2. The van der Waals surface area contributed by atoms with Gasteiger partial charge < -0.3 is 15.1 Å². The number of nitrogens with zero attached hydrogens (tertiary/aromatic N) is 7. The van der Waals surface area contributed by atoms with Crippen LogP contribution in [0, 0.1) is 0 Å². The zero-order valence-corrected chi connectivity index (χ0v) is 13.1. The number of anilines is 1. The summed E-state index contributed by atoms with van der Waals surface area (Å²) in [5.74, 6) is 0.595. The smallest absolute Gasteiger partial charge is 0.270 e. The van der Waals surface area contributed by atoms with E-state index in [-0.39, 0.29) is 5.91 Å². The number of likely N-dealkylation sites (N-methyl/N-ethyl adjacent to an activating group) is 1. The molecular weight excluding hydrogens is 296 g/mol. The van der Waals surface area contributed by atoms with Crippen molar-refractivity contribution in [3.8, 4) is 0 Å². The minimum Gasteiger partial charge on any atom is -0.354 e. The molecule has 1 fully saturated rings. The summed E-state index contributed by atoms with van der Waals surface area (Å²) in [5, 5.41) is 6.82. The Hall–Kier alpha value is -2.55. The van der Waals surface area contributed by atoms with Gasteiger partial charge in [-0.05, 0) is 7.05 Å². The van der Waals surface area contributed by atoms with E-state index in [2.05, 4.69) is 42.2 Å². The second-order valence-electron chi connectivity index (χ2n) is 5.47. The molecular formula is C14H20N8O. The average molecular weight is 316 g/mol. The SMILES string of the molecule is CN1CCN(c2cc(C(=O)NCCn3cncn3)ncn2)CC1. The topological polar surface area (TPSA) is 92.1 Å². The van der Waals surface area contributed by atoms with Crippen molar-refractivity contribution in [1.29, 1.82) is 0 Å². The molecule has 0 atom stereocenters. The normalized spacial score (nSPS) is 15.6. The zero-order valence-electron chi connectivity index (χ0n) is 13.1. The van der Waals surface area contributed by atoms with Crippen LogP contribution in [0.3, 0.4) is 0 Å². The summed E-state index contributed by atoms with van der Waals surface area (Å²) in [7, 11) is 2.10. The van der Waals surface area contributed by atoms with Crippen molar-refractivity contribution in [2.75, 3.05) is 44.7 Å². The highest BCUT2D eigenvalue weighted by molar-refractivity contribution is 5.92. The van der Waals surface area contributed by atoms with Crippen LogP contribution in [-0.4, -0.2) is 75.3 Å². The molecule has 0 saturated carbocycles. The number of carbonyl (C=O) groups excluding carboxylic acids is 1. The van der Waals surface area contributed by atoms with Crippen LogP contribution in [-0.2, 0) is 6.54 Å². The summed E-state index contributed by atoms with van der Waals surface area (Å²) >= 11 is 0. The summed E-state index contributed by atoms with van der Waals surface area (Å²) in [6.07, 6.45) is 4.52. The Morgan fingerprint density at radius 2 is 2.04 bits per heavy atom. The van der Waals surface area contributed by atoms with Crippen molar-refractivity contribution >= 4 is 11.7 Å². The molecule has 1 amide bonds. The highest BCUT2D eigenvalue weighted by Crippen LogP contribution is 2.13. The summed E-state index contributed by atoms with van der Waals surface area (Å²) < 4.78 is 1.66. The van der Waals surface area contributed by atoms with Gasteiger partial charge in [0.15, 0.2) is 0 Å². The molecule has 3 rings (SSSR count). The maximum absolute atomic E-state index is 12.2. The second kappa shape index (κ2) is 7.14. The lowest BCUT2D eigenvalue weighted by atomic mass is 10.3. The Kier molecular flexibility index (Phi) is 4.77. The van der Waals surface area contributed by atoms with Crippen LogP contribution in [0.5, 0.6) is 0 Å². The van der Waals surface area contributed by atoms with E-state index in [1.165, 1.54) is 12.7 Å². The van der Waals surface area contributed by atoms with Gasteiger partial charge in [-0.3, -0.25) is 9.48 Å². The summed E-state index contributed by atoms with van der Waals surface area (Å²) in [5.41, 5.74) is 0.382. The van der Waals surface area contributed by atoms with Gasteiger partial charge in [0.1, 0.15) is 30.5 Å². The molecule has 0 aromatic carbocycles. The van der Waals surface area contributed by atoms with E-state index in [1.54, 1.807) is 17.1 Å². The molecule has 3 heterocycles. The number of rotatable bonds is 5. The highest BCUT2D eigenvalue weighted by Gasteiger charge is 2.17. The molecule has 1 N–H and O–H groups in total. The fraction of sp³-hybridized carbons (Fsp3) is 0.500. The van der Waals surface area contributed by atoms with Crippen LogP contribution in [0.25, 0.3) is 0 Å². The second-order valence-corrected chi connectivity index (χ2v) is 5.47. The summed E-state index contributed by atoms with van der Waals surface area (Å²) in [6, 6.07) is 1.75. The Balaban J connectivity index is 1.56. The molecule has 9 nitrogen and oxygen atoms in total. The van der Waals surface area contributed by atoms with Crippen LogP contribution in [0.4, 0.5) is 5.82 Å². The number of amides is 1. The largest absolute Gasteiger partial charge is 0.354 e. The van der Waals surface area contributed by atoms with Crippen molar-refractivity contribution in [2.45, 2.75) is 6.54 Å². The molecule has 0 radical (unpaired) electrons. The third-order valence-electron chi connectivity index (χ3n) is 3.81. The molecule has 122 valence electrons. The first-order valence-electron chi connectivity index (χ1n) is 7.58. The van der Waals surface area contributed by atoms with E-state index in [0.29, 0.717) is 18.8 Å². The molecule has 0 bridgehead atoms. The Morgan fingerprint density at radius 3 is 2.78 bits per heavy atom. The molecule has 2 aromatic heterocycles. The van der Waals surface area contributed by atoms with Crippen molar-refractivity contribution in [3.63, 3.8) is 0 Å². The zero-order chi connectivity index (χ0) is 16.1. The first-order valence-corrected chi connectivity index (χ1v) is 7.58. The van der Waals surface area contributed by atoms with Gasteiger partial charge in [-0.1, -0.05) is 0 Å². The fourth-order valence-electron chi connectivity index (χ4n) is 2.40. The quantitative estimate of drug-likeness (QED) is 0.776. The number of nitrogens with one attached hydrogen (secondary N) is 1. The van der Waals surface area contributed by atoms with E-state index >= 15 is 0 Å². The Bertz CT molecular complexity index is 636. The third-order valence-corrected chi connectivity index (χ3v) is 3.81. The van der Waals surface area contributed by atoms with E-state index in [4.69, 9.17) is 0 Å². The minimum absolute atomic E-state index is 0.206. The van der Waals surface area contributed by atoms with Gasteiger partial charge in [0.05, 0.1) is 6.54 Å². The predicted octanol–water partition coefficient (Wildman–Crippen LogP) is -0.750. The molecule has 1 saturated heterocycles. The molecule has 0 spiro atoms. The molecule has 0 aliphatic carbocycles. The first kappa shape index (κ1) is 15.3. The lowest BCUT2D eigenvalue weighted by Crippen LogP contribution is -2.45. The Labute approximate surface area is 134 Å². The fourth-order valence-corrected chi connectivity index (χ4v) is 2.40. The number of aromatic nitrogens is 5. The standard InChI is InChI=1S/C14H20N8O/c1-20-4-6-21(7-5-20)13-8-12(17-10-18-13)14(23)16-2-3-22-11-15-9-19-22/h8-11H,2-7H2,1H3,(H,16,23). The van der Waals surface area contributed by atoms with Crippen LogP contribution < -0.4 is 10.2 Å². The van der Waals surface area contributed by atoms with Crippen molar-refractivity contribution in [1.82, 2.24) is 34.9 Å². The van der Waals surface area contributed by atoms with Crippen LogP contribution >= 0.6 is 0 Å². The van der Waals surface area contributed by atoms with E-state index < -0.39 is 0 Å². The molecule has 23 heavy (non-hydrogen) atoms. The van der Waals surface area contributed by atoms with E-state index in [0.717, 1.165) is 32.0 Å². The van der Waals surface area contributed by atoms with Gasteiger partial charge >= 0.3 is 0 Å². The van der Waals surface area contributed by atoms with Gasteiger partial charge in [-0.15, -0.1) is 0 Å². The maximum Gasteiger partial charge on any atom is 0.270 e. The van der Waals surface area contributed by atoms with E-state index in [9.17, 15) is 4.79 Å². The predicted molar refractivity (Wildman–Crippen MR) is 84.1 cm³/mol. The van der Waals surface area contributed by atoms with Crippen LogP contribution in [0.1, 0.15) is 10.5 Å². The highest BCUT2D eigenvalue weighted by atomic mass is 16.1. The summed E-state index contributed by atoms with van der Waals surface area (Å²) in [6.45, 7) is 4.83. The molecule has 9 heteroatoms. The van der Waals surface area contributed by atoms with E-state index in [1.807, 2.05) is 0 Å². The van der Waals surface area contributed by atoms with Crippen molar-refractivity contribution in [3.05, 3.63) is 30.7 Å². The lowest BCUT2D eigenvalue weighted by molar-refractivity contribution is 0.0946.